The second kappa shape index (κ2) is 4.61. The summed E-state index contributed by atoms with van der Waals surface area (Å²) in [6, 6.07) is 0. The topological polar surface area (TPSA) is 12.0 Å². The molecule has 0 unspecified atom stereocenters. The Balaban J connectivity index is 0. The van der Waals surface area contributed by atoms with Gasteiger partial charge in [0.2, 0.25) is 0 Å². The van der Waals surface area contributed by atoms with Crippen LogP contribution in [0, 0.1) is 37.3 Å². The van der Waals surface area contributed by atoms with Gasteiger partial charge in [-0.2, -0.15) is 0 Å². The molecule has 0 aromatic heterocycles. The second-order valence-corrected chi connectivity index (χ2v) is 14.6. The molecule has 0 aliphatic carbocycles. The van der Waals surface area contributed by atoms with E-state index in [2.05, 4.69) is 43.9 Å². The summed E-state index contributed by atoms with van der Waals surface area (Å²) in [7, 11) is -1.96. The molecule has 0 aliphatic rings. The van der Waals surface area contributed by atoms with Crippen LogP contribution in [0.1, 0.15) is 0 Å². The van der Waals surface area contributed by atoms with Gasteiger partial charge >= 0.3 is 0 Å². The van der Waals surface area contributed by atoms with Crippen molar-refractivity contribution < 1.29 is 37.3 Å². The first-order chi connectivity index (χ1) is 3.71. The van der Waals surface area contributed by atoms with Crippen LogP contribution in [0.15, 0.2) is 0 Å². The normalized spacial score (nSPS) is 12.6. The third-order valence-electron chi connectivity index (χ3n) is 0.750. The Kier molecular flexibility index (Phi) is 6.54. The van der Waals surface area contributed by atoms with Gasteiger partial charge in [0.25, 0.3) is 0 Å². The van der Waals surface area contributed by atoms with Crippen LogP contribution in [0.2, 0.25) is 39.3 Å². The molecule has 1 nitrogen and oxygen atoms in total. The molecule has 0 aliphatic heterocycles. The van der Waals surface area contributed by atoms with Gasteiger partial charge in [-0.15, -0.1) is 0 Å². The first-order valence-electron chi connectivity index (χ1n) is 3.50. The van der Waals surface area contributed by atoms with Gasteiger partial charge in [-0.1, -0.05) is 39.3 Å². The molecule has 0 amide bonds. The number of hydrogen-bond acceptors (Lipinski definition) is 1. The SMILES string of the molecule is C[Si](C)(C)N[Si](C)(C)C.[Er]. The van der Waals surface area contributed by atoms with Crippen molar-refractivity contribution >= 4 is 16.5 Å². The zero-order valence-corrected chi connectivity index (χ0v) is 11.6. The predicted molar refractivity (Wildman–Crippen MR) is 49.8 cm³/mol. The molecule has 0 radical (unpaired) electrons. The number of nitrogens with one attached hydrogen (secondary N) is 1. The first-order valence-corrected chi connectivity index (χ1v) is 10.5. The fourth-order valence-electron chi connectivity index (χ4n) is 1.12. The van der Waals surface area contributed by atoms with E-state index in [1.165, 1.54) is 0 Å². The molecule has 68 valence electrons. The van der Waals surface area contributed by atoms with Gasteiger partial charge < -0.3 is 4.65 Å². The average Bonchev–Trinajstić information content (AvgIpc) is 1.14. The standard InChI is InChI=1S/C6H19NSi2.Er/c1-8(2,3)7-9(4,5)6;/h7H,1-6H3;. The minimum atomic E-state index is -0.981. The van der Waals surface area contributed by atoms with Crippen molar-refractivity contribution in [1.82, 2.24) is 4.65 Å². The third kappa shape index (κ3) is 12.3. The van der Waals surface area contributed by atoms with E-state index in [4.69, 9.17) is 0 Å². The third-order valence-corrected chi connectivity index (χ3v) is 6.75. The Hall–Kier alpha value is 1.64. The van der Waals surface area contributed by atoms with Gasteiger partial charge in [-0.3, -0.25) is 0 Å². The fourth-order valence-corrected chi connectivity index (χ4v) is 10.1. The summed E-state index contributed by atoms with van der Waals surface area (Å²) in [5.74, 6) is 0. The minimum absolute atomic E-state index is 0. The molecule has 0 aromatic rings. The molecule has 1 N–H and O–H groups in total. The molecule has 10 heavy (non-hydrogen) atoms. The first kappa shape index (κ1) is 14.2. The molecule has 0 fully saturated rings. The van der Waals surface area contributed by atoms with Crippen molar-refractivity contribution in [3.05, 3.63) is 0 Å². The van der Waals surface area contributed by atoms with E-state index >= 15 is 0 Å². The monoisotopic (exact) mass is 327 g/mol. The molecule has 0 spiro atoms. The quantitative estimate of drug-likeness (QED) is 0.767. The fraction of sp³-hybridized carbons (Fsp3) is 1.00. The van der Waals surface area contributed by atoms with Crippen LogP contribution < -0.4 is 4.65 Å². The van der Waals surface area contributed by atoms with Gasteiger partial charge in [-0.25, -0.2) is 0 Å². The van der Waals surface area contributed by atoms with Gasteiger partial charge in [-0.05, 0) is 0 Å². The van der Waals surface area contributed by atoms with E-state index in [0.29, 0.717) is 0 Å². The summed E-state index contributed by atoms with van der Waals surface area (Å²) in [5, 5.41) is 0. The molecule has 0 saturated heterocycles. The Morgan fingerprint density at radius 1 is 0.700 bits per heavy atom. The van der Waals surface area contributed by atoms with Crippen LogP contribution in [0.3, 0.4) is 0 Å². The maximum absolute atomic E-state index is 3.74. The zero-order valence-electron chi connectivity index (χ0n) is 7.79. The number of hydrogen-bond donors (Lipinski definition) is 1. The summed E-state index contributed by atoms with van der Waals surface area (Å²) in [5.41, 5.74) is 0. The van der Waals surface area contributed by atoms with Crippen LogP contribution in [0.25, 0.3) is 0 Å². The molecule has 0 saturated carbocycles. The summed E-state index contributed by atoms with van der Waals surface area (Å²) >= 11 is 0. The summed E-state index contributed by atoms with van der Waals surface area (Å²) in [4.78, 5) is 0. The van der Waals surface area contributed by atoms with E-state index in [-0.39, 0.29) is 37.3 Å². The van der Waals surface area contributed by atoms with Crippen molar-refractivity contribution in [3.8, 4) is 0 Å². The van der Waals surface area contributed by atoms with Crippen LogP contribution in [-0.2, 0) is 0 Å². The Morgan fingerprint density at radius 2 is 0.900 bits per heavy atom. The van der Waals surface area contributed by atoms with E-state index < -0.39 is 16.5 Å². The van der Waals surface area contributed by atoms with E-state index in [1.54, 1.807) is 0 Å². The molecule has 4 heteroatoms. The van der Waals surface area contributed by atoms with Crippen molar-refractivity contribution in [2.24, 2.45) is 0 Å². The molecule has 0 aromatic carbocycles. The van der Waals surface area contributed by atoms with Gasteiger partial charge in [0, 0.05) is 37.3 Å². The van der Waals surface area contributed by atoms with Crippen LogP contribution >= 0.6 is 0 Å². The van der Waals surface area contributed by atoms with E-state index in [1.807, 2.05) is 0 Å². The Labute approximate surface area is 96.7 Å². The average molecular weight is 329 g/mol. The molecular formula is C6H19ErNSi2. The van der Waals surface area contributed by atoms with Crippen molar-refractivity contribution in [2.75, 3.05) is 0 Å². The van der Waals surface area contributed by atoms with Crippen LogP contribution in [-0.4, -0.2) is 16.5 Å². The summed E-state index contributed by atoms with van der Waals surface area (Å²) in [6.45, 7) is 14.1. The summed E-state index contributed by atoms with van der Waals surface area (Å²) in [6.07, 6.45) is 0. The van der Waals surface area contributed by atoms with Crippen LogP contribution in [0.5, 0.6) is 0 Å². The molecule has 0 heterocycles. The number of rotatable bonds is 2. The van der Waals surface area contributed by atoms with Crippen LogP contribution in [0.4, 0.5) is 0 Å². The molecule has 0 rings (SSSR count). The summed E-state index contributed by atoms with van der Waals surface area (Å²) < 4.78 is 3.74. The predicted octanol–water partition coefficient (Wildman–Crippen LogP) is 2.25. The maximum atomic E-state index is 3.74. The smallest absolute Gasteiger partial charge is 0.109 e. The molecular weight excluding hydrogens is 310 g/mol. The van der Waals surface area contributed by atoms with Crippen molar-refractivity contribution in [2.45, 2.75) is 39.3 Å². The molecule has 0 bridgehead atoms. The van der Waals surface area contributed by atoms with E-state index in [0.717, 1.165) is 0 Å². The largest absolute Gasteiger partial charge is 0.360 e. The minimum Gasteiger partial charge on any atom is -0.360 e. The molecule has 0 atom stereocenters. The Morgan fingerprint density at radius 3 is 0.900 bits per heavy atom. The Bertz CT molecular complexity index is 80.9. The van der Waals surface area contributed by atoms with Crippen molar-refractivity contribution in [3.63, 3.8) is 0 Å². The zero-order chi connectivity index (χ0) is 7.71. The van der Waals surface area contributed by atoms with Gasteiger partial charge in [0.05, 0.1) is 0 Å². The maximum Gasteiger partial charge on any atom is 0.109 e. The van der Waals surface area contributed by atoms with Crippen molar-refractivity contribution in [1.29, 1.82) is 0 Å². The van der Waals surface area contributed by atoms with Gasteiger partial charge in [0.1, 0.15) is 16.5 Å². The van der Waals surface area contributed by atoms with E-state index in [9.17, 15) is 0 Å². The second-order valence-electron chi connectivity index (χ2n) is 4.62. The van der Waals surface area contributed by atoms with Gasteiger partial charge in [0.15, 0.2) is 0 Å².